The molecule has 0 radical (unpaired) electrons. The van der Waals surface area contributed by atoms with Crippen LogP contribution in [-0.4, -0.2) is 9.97 Å². The summed E-state index contributed by atoms with van der Waals surface area (Å²) in [5.41, 5.74) is 0.930. The van der Waals surface area contributed by atoms with Crippen molar-refractivity contribution in [1.82, 2.24) is 9.97 Å². The quantitative estimate of drug-likeness (QED) is 0.940. The van der Waals surface area contributed by atoms with Crippen LogP contribution in [0.5, 0.6) is 0 Å². The predicted octanol–water partition coefficient (Wildman–Crippen LogP) is 3.06. The minimum Gasteiger partial charge on any atom is -0.444 e. The average molecular weight is 282 g/mol. The van der Waals surface area contributed by atoms with E-state index in [9.17, 15) is 0 Å². The van der Waals surface area contributed by atoms with Crippen LogP contribution < -0.4 is 5.32 Å². The van der Waals surface area contributed by atoms with Gasteiger partial charge < -0.3 is 9.73 Å². The largest absolute Gasteiger partial charge is 0.444 e. The zero-order valence-electron chi connectivity index (χ0n) is 9.12. The maximum absolute atomic E-state index is 5.45. The van der Waals surface area contributed by atoms with Crippen molar-refractivity contribution in [3.05, 3.63) is 40.1 Å². The Balaban J connectivity index is 2.02. The molecule has 0 unspecified atom stereocenters. The van der Waals surface area contributed by atoms with Gasteiger partial charge in [-0.25, -0.2) is 9.97 Å². The first kappa shape index (κ1) is 11.1. The number of hydrogen-bond donors (Lipinski definition) is 1. The molecule has 1 N–H and O–H groups in total. The predicted molar refractivity (Wildman–Crippen MR) is 65.2 cm³/mol. The summed E-state index contributed by atoms with van der Waals surface area (Å²) in [4.78, 5) is 8.45. The van der Waals surface area contributed by atoms with Gasteiger partial charge in [-0.15, -0.1) is 0 Å². The number of halogens is 1. The summed E-state index contributed by atoms with van der Waals surface area (Å²) in [6.45, 7) is 4.38. The first-order chi connectivity index (χ1) is 7.65. The molecule has 16 heavy (non-hydrogen) atoms. The van der Waals surface area contributed by atoms with E-state index >= 15 is 0 Å². The lowest BCUT2D eigenvalue weighted by Crippen LogP contribution is -2.01. The topological polar surface area (TPSA) is 51.0 Å². The van der Waals surface area contributed by atoms with Crippen molar-refractivity contribution in [3.63, 3.8) is 0 Å². The van der Waals surface area contributed by atoms with Gasteiger partial charge in [0.05, 0.1) is 12.2 Å². The molecule has 0 bridgehead atoms. The Hall–Kier alpha value is -1.36. The molecular weight excluding hydrogens is 270 g/mol. The van der Waals surface area contributed by atoms with E-state index in [4.69, 9.17) is 4.42 Å². The van der Waals surface area contributed by atoms with E-state index in [1.54, 1.807) is 6.20 Å². The molecule has 2 heterocycles. The van der Waals surface area contributed by atoms with Crippen molar-refractivity contribution in [1.29, 1.82) is 0 Å². The number of oxazole rings is 1. The van der Waals surface area contributed by atoms with E-state index in [1.165, 1.54) is 0 Å². The Morgan fingerprint density at radius 2 is 2.25 bits per heavy atom. The van der Waals surface area contributed by atoms with Gasteiger partial charge >= 0.3 is 0 Å². The van der Waals surface area contributed by atoms with Gasteiger partial charge in [0, 0.05) is 10.7 Å². The lowest BCUT2D eigenvalue weighted by atomic mass is 10.4. The SMILES string of the molecule is Cc1nc(CNc2cc(Br)ccn2)oc1C. The third kappa shape index (κ3) is 2.61. The molecule has 2 aromatic heterocycles. The van der Waals surface area contributed by atoms with E-state index in [1.807, 2.05) is 26.0 Å². The van der Waals surface area contributed by atoms with E-state index in [-0.39, 0.29) is 0 Å². The molecule has 0 aromatic carbocycles. The number of rotatable bonds is 3. The third-order valence-electron chi connectivity index (χ3n) is 2.22. The van der Waals surface area contributed by atoms with Gasteiger partial charge in [-0.05, 0) is 26.0 Å². The lowest BCUT2D eigenvalue weighted by molar-refractivity contribution is 0.478. The maximum atomic E-state index is 5.45. The van der Waals surface area contributed by atoms with Crippen molar-refractivity contribution in [2.24, 2.45) is 0 Å². The van der Waals surface area contributed by atoms with Crippen molar-refractivity contribution >= 4 is 21.7 Å². The summed E-state index contributed by atoms with van der Waals surface area (Å²) >= 11 is 3.39. The summed E-state index contributed by atoms with van der Waals surface area (Å²) in [5.74, 6) is 2.33. The van der Waals surface area contributed by atoms with Crippen molar-refractivity contribution in [2.45, 2.75) is 20.4 Å². The molecule has 4 nitrogen and oxygen atoms in total. The summed E-state index contributed by atoms with van der Waals surface area (Å²) in [6.07, 6.45) is 1.73. The van der Waals surface area contributed by atoms with E-state index < -0.39 is 0 Å². The fourth-order valence-corrected chi connectivity index (χ4v) is 1.62. The Bertz CT molecular complexity index is 476. The minimum absolute atomic E-state index is 0.540. The van der Waals surface area contributed by atoms with Crippen LogP contribution in [0.3, 0.4) is 0 Å². The van der Waals surface area contributed by atoms with E-state index in [0.717, 1.165) is 21.7 Å². The summed E-state index contributed by atoms with van der Waals surface area (Å²) < 4.78 is 6.44. The zero-order chi connectivity index (χ0) is 11.5. The molecule has 0 aliphatic heterocycles. The molecule has 0 amide bonds. The Morgan fingerprint density at radius 1 is 1.44 bits per heavy atom. The third-order valence-corrected chi connectivity index (χ3v) is 2.71. The molecule has 0 spiro atoms. The van der Waals surface area contributed by atoms with Gasteiger partial charge in [0.25, 0.3) is 0 Å². The number of aryl methyl sites for hydroxylation is 2. The van der Waals surface area contributed by atoms with Crippen LogP contribution in [0.4, 0.5) is 5.82 Å². The first-order valence-corrected chi connectivity index (χ1v) is 5.73. The molecule has 5 heteroatoms. The number of nitrogens with one attached hydrogen (secondary N) is 1. The average Bonchev–Trinajstić information content (AvgIpc) is 2.56. The van der Waals surface area contributed by atoms with Crippen LogP contribution in [0.1, 0.15) is 17.3 Å². The highest BCUT2D eigenvalue weighted by atomic mass is 79.9. The monoisotopic (exact) mass is 281 g/mol. The van der Waals surface area contributed by atoms with Gasteiger partial charge in [-0.1, -0.05) is 15.9 Å². The number of pyridine rings is 1. The summed E-state index contributed by atoms with van der Waals surface area (Å²) in [5, 5.41) is 3.14. The second-order valence-electron chi connectivity index (χ2n) is 3.46. The molecule has 0 saturated heterocycles. The molecule has 2 aromatic rings. The fourth-order valence-electron chi connectivity index (χ4n) is 1.28. The highest BCUT2D eigenvalue weighted by Crippen LogP contribution is 2.14. The molecular formula is C11H12BrN3O. The lowest BCUT2D eigenvalue weighted by Gasteiger charge is -2.02. The van der Waals surface area contributed by atoms with Crippen LogP contribution in [0.25, 0.3) is 0 Å². The fraction of sp³-hybridized carbons (Fsp3) is 0.273. The Morgan fingerprint density at radius 3 is 2.88 bits per heavy atom. The molecule has 0 saturated carbocycles. The maximum Gasteiger partial charge on any atom is 0.213 e. The summed E-state index contributed by atoms with van der Waals surface area (Å²) in [6, 6.07) is 3.78. The highest BCUT2D eigenvalue weighted by Gasteiger charge is 2.05. The molecule has 2 rings (SSSR count). The number of nitrogens with zero attached hydrogens (tertiary/aromatic N) is 2. The van der Waals surface area contributed by atoms with Gasteiger partial charge in [-0.2, -0.15) is 0 Å². The molecule has 0 fully saturated rings. The number of anilines is 1. The Kier molecular flexibility index (Phi) is 3.24. The van der Waals surface area contributed by atoms with E-state index in [0.29, 0.717) is 12.4 Å². The van der Waals surface area contributed by atoms with Gasteiger partial charge in [0.15, 0.2) is 0 Å². The summed E-state index contributed by atoms with van der Waals surface area (Å²) in [7, 11) is 0. The number of hydrogen-bond acceptors (Lipinski definition) is 4. The van der Waals surface area contributed by atoms with Gasteiger partial charge in [0.1, 0.15) is 11.6 Å². The van der Waals surface area contributed by atoms with Crippen molar-refractivity contribution < 1.29 is 4.42 Å². The minimum atomic E-state index is 0.540. The van der Waals surface area contributed by atoms with Crippen molar-refractivity contribution in [3.8, 4) is 0 Å². The normalized spacial score (nSPS) is 10.4. The second-order valence-corrected chi connectivity index (χ2v) is 4.38. The molecule has 0 aliphatic rings. The molecule has 84 valence electrons. The molecule has 0 atom stereocenters. The first-order valence-electron chi connectivity index (χ1n) is 4.93. The van der Waals surface area contributed by atoms with Crippen molar-refractivity contribution in [2.75, 3.05) is 5.32 Å². The Labute approximate surface area is 102 Å². The van der Waals surface area contributed by atoms with Gasteiger partial charge in [0.2, 0.25) is 5.89 Å². The number of aromatic nitrogens is 2. The zero-order valence-corrected chi connectivity index (χ0v) is 10.7. The molecule has 0 aliphatic carbocycles. The van der Waals surface area contributed by atoms with E-state index in [2.05, 4.69) is 31.2 Å². The standard InChI is InChI=1S/C11H12BrN3O/c1-7-8(2)16-11(15-7)6-14-10-5-9(12)3-4-13-10/h3-5H,6H2,1-2H3,(H,13,14). The van der Waals surface area contributed by atoms with Crippen LogP contribution in [0, 0.1) is 13.8 Å². The van der Waals surface area contributed by atoms with Gasteiger partial charge in [-0.3, -0.25) is 0 Å². The second kappa shape index (κ2) is 4.65. The van der Waals surface area contributed by atoms with Crippen LogP contribution in [0.15, 0.2) is 27.2 Å². The van der Waals surface area contributed by atoms with Crippen LogP contribution >= 0.6 is 15.9 Å². The smallest absolute Gasteiger partial charge is 0.213 e. The van der Waals surface area contributed by atoms with Crippen LogP contribution in [0.2, 0.25) is 0 Å². The highest BCUT2D eigenvalue weighted by molar-refractivity contribution is 9.10. The van der Waals surface area contributed by atoms with Crippen LogP contribution in [-0.2, 0) is 6.54 Å².